The van der Waals surface area contributed by atoms with Crippen molar-refractivity contribution in [2.75, 3.05) is 10.6 Å². The van der Waals surface area contributed by atoms with E-state index in [4.69, 9.17) is 0 Å². The lowest BCUT2D eigenvalue weighted by atomic mass is 10.2. The van der Waals surface area contributed by atoms with Gasteiger partial charge in [-0.25, -0.2) is 4.79 Å². The van der Waals surface area contributed by atoms with E-state index in [1.807, 2.05) is 0 Å². The molecule has 0 saturated carbocycles. The van der Waals surface area contributed by atoms with Gasteiger partial charge < -0.3 is 15.2 Å². The van der Waals surface area contributed by atoms with Crippen molar-refractivity contribution < 1.29 is 9.59 Å². The first kappa shape index (κ1) is 21.6. The van der Waals surface area contributed by atoms with E-state index in [1.165, 1.54) is 11.5 Å². The highest BCUT2D eigenvalue weighted by Crippen LogP contribution is 2.16. The molecule has 2 aliphatic rings. The van der Waals surface area contributed by atoms with Crippen LogP contribution in [0.2, 0.25) is 0 Å². The summed E-state index contributed by atoms with van der Waals surface area (Å²) in [5.41, 5.74) is 0.753. The molecule has 166 valence electrons. The van der Waals surface area contributed by atoms with Crippen molar-refractivity contribution in [3.8, 4) is 11.4 Å². The second kappa shape index (κ2) is 9.27. The normalized spacial score (nSPS) is 10.7. The molecule has 0 aliphatic carbocycles. The molecule has 0 radical (unpaired) electrons. The molecule has 2 amide bonds. The van der Waals surface area contributed by atoms with Crippen LogP contribution in [0.5, 0.6) is 0 Å². The van der Waals surface area contributed by atoms with Crippen LogP contribution >= 0.6 is 0 Å². The predicted octanol–water partition coefficient (Wildman–Crippen LogP) is 1.55. The van der Waals surface area contributed by atoms with E-state index in [2.05, 4.69) is 20.6 Å². The van der Waals surface area contributed by atoms with E-state index >= 15 is 0 Å². The topological polar surface area (TPSA) is 128 Å². The highest BCUT2D eigenvalue weighted by Gasteiger charge is 2.18. The zero-order valence-electron chi connectivity index (χ0n) is 17.7. The number of amides is 2. The molecule has 10 nitrogen and oxygen atoms in total. The quantitative estimate of drug-likeness (QED) is 0.464. The molecule has 0 saturated heterocycles. The smallest absolute Gasteiger partial charge is 0.326 e. The van der Waals surface area contributed by atoms with Crippen LogP contribution in [-0.2, 0) is 22.7 Å². The molecule has 2 N–H and O–H groups in total. The summed E-state index contributed by atoms with van der Waals surface area (Å²) < 4.78 is 2.48. The average Bonchev–Trinajstić information content (AvgIpc) is 2.78. The Morgan fingerprint density at radius 3 is 2.52 bits per heavy atom. The summed E-state index contributed by atoms with van der Waals surface area (Å²) in [6, 6.07) is 13.4. The van der Waals surface area contributed by atoms with Gasteiger partial charge in [0.05, 0.1) is 12.1 Å². The Hall–Kier alpha value is -4.60. The minimum absolute atomic E-state index is 0.0501. The highest BCUT2D eigenvalue weighted by atomic mass is 16.2. The Bertz CT molecular complexity index is 1410. The molecule has 0 atom stereocenters. The van der Waals surface area contributed by atoms with Crippen LogP contribution in [0.4, 0.5) is 11.4 Å². The van der Waals surface area contributed by atoms with E-state index in [-0.39, 0.29) is 36.3 Å². The SMILES string of the molecule is CC(=O)Nc1cccc(NC(=O)Cn2cccc3c(=O)n(Cc4cccnc4)c(=O)nc2-3)c1. The fourth-order valence-electron chi connectivity index (χ4n) is 3.39. The predicted molar refractivity (Wildman–Crippen MR) is 122 cm³/mol. The standard InChI is InChI=1S/C23H20N6O4/c1-15(30)25-17-6-2-7-18(11-17)26-20(31)14-28-10-4-8-19-21(28)27-23(33)29(22(19)32)13-16-5-3-9-24-12-16/h2-12H,13-14H2,1H3,(H,25,30)(H,26,31). The molecule has 3 heterocycles. The molecule has 1 aromatic heterocycles. The number of aromatic nitrogens is 4. The van der Waals surface area contributed by atoms with Gasteiger partial charge in [-0.1, -0.05) is 12.1 Å². The van der Waals surface area contributed by atoms with Crippen molar-refractivity contribution in [3.63, 3.8) is 0 Å². The maximum absolute atomic E-state index is 13.0. The Labute approximate surface area is 187 Å². The Morgan fingerprint density at radius 2 is 1.79 bits per heavy atom. The van der Waals surface area contributed by atoms with Crippen LogP contribution in [0.15, 0.2) is 76.7 Å². The number of carbonyl (C=O) groups is 2. The van der Waals surface area contributed by atoms with Gasteiger partial charge >= 0.3 is 5.69 Å². The van der Waals surface area contributed by atoms with E-state index in [0.717, 1.165) is 4.57 Å². The van der Waals surface area contributed by atoms with Crippen molar-refractivity contribution in [1.82, 2.24) is 19.1 Å². The van der Waals surface area contributed by atoms with Crippen LogP contribution in [0.1, 0.15) is 12.5 Å². The first-order valence-corrected chi connectivity index (χ1v) is 10.1. The number of fused-ring (bicyclic) bond motifs is 1. The molecule has 33 heavy (non-hydrogen) atoms. The summed E-state index contributed by atoms with van der Waals surface area (Å²) in [5, 5.41) is 5.38. The maximum Gasteiger partial charge on any atom is 0.352 e. The summed E-state index contributed by atoms with van der Waals surface area (Å²) in [6.07, 6.45) is 4.76. The summed E-state index contributed by atoms with van der Waals surface area (Å²) >= 11 is 0. The van der Waals surface area contributed by atoms with Gasteiger partial charge in [0.1, 0.15) is 6.54 Å². The van der Waals surface area contributed by atoms with Crippen molar-refractivity contribution in [2.24, 2.45) is 0 Å². The molecule has 0 bridgehead atoms. The van der Waals surface area contributed by atoms with Crippen LogP contribution in [0.25, 0.3) is 11.4 Å². The summed E-state index contributed by atoms with van der Waals surface area (Å²) in [5.74, 6) is -0.489. The van der Waals surface area contributed by atoms with Crippen LogP contribution < -0.4 is 21.9 Å². The van der Waals surface area contributed by atoms with E-state index < -0.39 is 11.2 Å². The third-order valence-corrected chi connectivity index (χ3v) is 4.79. The van der Waals surface area contributed by atoms with E-state index in [9.17, 15) is 19.2 Å². The second-order valence-electron chi connectivity index (χ2n) is 7.33. The number of hydrogen-bond acceptors (Lipinski definition) is 6. The summed E-state index contributed by atoms with van der Waals surface area (Å²) in [4.78, 5) is 57.5. The van der Waals surface area contributed by atoms with Gasteiger partial charge in [0, 0.05) is 36.9 Å². The first-order chi connectivity index (χ1) is 15.9. The zero-order valence-corrected chi connectivity index (χ0v) is 17.7. The average molecular weight is 444 g/mol. The molecule has 2 aliphatic heterocycles. The highest BCUT2D eigenvalue weighted by molar-refractivity contribution is 5.93. The number of hydrogen-bond donors (Lipinski definition) is 2. The number of benzene rings is 1. The lowest BCUT2D eigenvalue weighted by molar-refractivity contribution is -0.117. The summed E-state index contributed by atoms with van der Waals surface area (Å²) in [6.45, 7) is 1.28. The number of rotatable bonds is 6. The number of nitrogens with one attached hydrogen (secondary N) is 2. The molecular formula is C23H20N6O4. The first-order valence-electron chi connectivity index (χ1n) is 10.1. The van der Waals surface area contributed by atoms with Crippen LogP contribution in [0, 0.1) is 0 Å². The lowest BCUT2D eigenvalue weighted by Crippen LogP contribution is -2.38. The molecule has 1 aromatic carbocycles. The van der Waals surface area contributed by atoms with Gasteiger partial charge in [0.15, 0.2) is 5.82 Å². The van der Waals surface area contributed by atoms with Crippen LogP contribution in [-0.4, -0.2) is 30.9 Å². The number of carbonyl (C=O) groups excluding carboxylic acids is 2. The third kappa shape index (κ3) is 5.01. The Morgan fingerprint density at radius 1 is 1.00 bits per heavy atom. The number of anilines is 2. The molecule has 0 fully saturated rings. The van der Waals surface area contributed by atoms with Gasteiger partial charge in [0.2, 0.25) is 11.8 Å². The van der Waals surface area contributed by atoms with Crippen molar-refractivity contribution in [2.45, 2.75) is 20.0 Å². The number of nitrogens with zero attached hydrogens (tertiary/aromatic N) is 4. The fraction of sp³-hybridized carbons (Fsp3) is 0.130. The minimum atomic E-state index is -0.709. The van der Waals surface area contributed by atoms with E-state index in [0.29, 0.717) is 16.9 Å². The molecule has 4 rings (SSSR count). The van der Waals surface area contributed by atoms with Crippen molar-refractivity contribution in [3.05, 3.63) is 93.5 Å². The maximum atomic E-state index is 13.0. The molecule has 2 aromatic rings. The van der Waals surface area contributed by atoms with Crippen molar-refractivity contribution >= 4 is 23.2 Å². The zero-order chi connectivity index (χ0) is 23.4. The molecule has 0 spiro atoms. The van der Waals surface area contributed by atoms with Crippen molar-refractivity contribution in [1.29, 1.82) is 0 Å². The lowest BCUT2D eigenvalue weighted by Gasteiger charge is -2.15. The molecule has 0 unspecified atom stereocenters. The van der Waals surface area contributed by atoms with Gasteiger partial charge in [-0.05, 0) is 42.0 Å². The van der Waals surface area contributed by atoms with E-state index in [1.54, 1.807) is 67.1 Å². The summed E-state index contributed by atoms with van der Waals surface area (Å²) in [7, 11) is 0. The van der Waals surface area contributed by atoms with Gasteiger partial charge in [-0.15, -0.1) is 0 Å². The van der Waals surface area contributed by atoms with Gasteiger partial charge in [-0.3, -0.25) is 23.9 Å². The van der Waals surface area contributed by atoms with Crippen LogP contribution in [0.3, 0.4) is 0 Å². The second-order valence-corrected chi connectivity index (χ2v) is 7.33. The molecular weight excluding hydrogens is 424 g/mol. The Kier molecular flexibility index (Phi) is 6.07. The largest absolute Gasteiger partial charge is 0.352 e. The fourth-order valence-corrected chi connectivity index (χ4v) is 3.39. The number of pyridine rings is 2. The monoisotopic (exact) mass is 444 g/mol. The Balaban J connectivity index is 1.59. The van der Waals surface area contributed by atoms with Gasteiger partial charge in [0.25, 0.3) is 5.56 Å². The van der Waals surface area contributed by atoms with Gasteiger partial charge in [-0.2, -0.15) is 4.98 Å². The minimum Gasteiger partial charge on any atom is -0.326 e. The molecule has 10 heteroatoms. The third-order valence-electron chi connectivity index (χ3n) is 4.79.